The van der Waals surface area contributed by atoms with Crippen molar-refractivity contribution in [1.82, 2.24) is 20.4 Å². The van der Waals surface area contributed by atoms with Crippen molar-refractivity contribution in [2.45, 2.75) is 38.3 Å². The van der Waals surface area contributed by atoms with Crippen molar-refractivity contribution in [1.29, 1.82) is 0 Å². The third-order valence-corrected chi connectivity index (χ3v) is 5.16. The fourth-order valence-electron chi connectivity index (χ4n) is 3.57. The number of likely N-dealkylation sites (tertiary alicyclic amines) is 1. The maximum atomic E-state index is 12.3. The lowest BCUT2D eigenvalue weighted by molar-refractivity contribution is -0.133. The molecule has 0 radical (unpaired) electrons. The van der Waals surface area contributed by atoms with Crippen molar-refractivity contribution in [2.75, 3.05) is 54.4 Å². The zero-order chi connectivity index (χ0) is 21.9. The first-order valence-electron chi connectivity index (χ1n) is 10.6. The van der Waals surface area contributed by atoms with Crippen LogP contribution in [0.3, 0.4) is 0 Å². The van der Waals surface area contributed by atoms with Crippen LogP contribution in [0.1, 0.15) is 26.2 Å². The number of nitrogens with zero attached hydrogens (tertiary/aromatic N) is 3. The number of hydrogen-bond acceptors (Lipinski definition) is 5. The van der Waals surface area contributed by atoms with Gasteiger partial charge in [-0.1, -0.05) is 6.07 Å². The molecule has 1 aliphatic rings. The van der Waals surface area contributed by atoms with E-state index in [1.165, 1.54) is 0 Å². The lowest BCUT2D eigenvalue weighted by atomic mass is 10.2. The van der Waals surface area contributed by atoms with Crippen LogP contribution in [0.5, 0.6) is 11.5 Å². The quantitative estimate of drug-likeness (QED) is 0.341. The molecule has 0 bridgehead atoms. The Morgan fingerprint density at radius 1 is 1.33 bits per heavy atom. The molecular weight excluding hydrogens is 382 g/mol. The van der Waals surface area contributed by atoms with Crippen LogP contribution in [0.25, 0.3) is 0 Å². The smallest absolute Gasteiger partial charge is 0.239 e. The van der Waals surface area contributed by atoms with Crippen molar-refractivity contribution < 1.29 is 14.3 Å². The predicted molar refractivity (Wildman–Crippen MR) is 120 cm³/mol. The summed E-state index contributed by atoms with van der Waals surface area (Å²) in [6, 6.07) is 7.62. The predicted octanol–water partition coefficient (Wildman–Crippen LogP) is 1.57. The van der Waals surface area contributed by atoms with Gasteiger partial charge in [-0.15, -0.1) is 0 Å². The van der Waals surface area contributed by atoms with E-state index < -0.39 is 0 Å². The minimum absolute atomic E-state index is 0.0296. The van der Waals surface area contributed by atoms with Gasteiger partial charge in [0.15, 0.2) is 5.96 Å². The van der Waals surface area contributed by atoms with Gasteiger partial charge in [-0.05, 0) is 44.9 Å². The van der Waals surface area contributed by atoms with Gasteiger partial charge in [0.2, 0.25) is 5.91 Å². The molecule has 1 aromatic rings. The first-order chi connectivity index (χ1) is 14.4. The molecule has 30 heavy (non-hydrogen) atoms. The van der Waals surface area contributed by atoms with Crippen LogP contribution in [-0.4, -0.2) is 88.2 Å². The normalized spacial score (nSPS) is 18.0. The lowest BCUT2D eigenvalue weighted by Gasteiger charge is -2.26. The van der Waals surface area contributed by atoms with Crippen molar-refractivity contribution in [3.63, 3.8) is 0 Å². The zero-order valence-corrected chi connectivity index (χ0v) is 19.0. The molecule has 168 valence electrons. The second-order valence-corrected chi connectivity index (χ2v) is 7.77. The summed E-state index contributed by atoms with van der Waals surface area (Å²) >= 11 is 0. The number of aliphatic imine (C=N–C) groups is 1. The van der Waals surface area contributed by atoms with Gasteiger partial charge in [0.05, 0.1) is 19.7 Å². The highest BCUT2D eigenvalue weighted by Gasteiger charge is 2.30. The monoisotopic (exact) mass is 419 g/mol. The molecule has 8 nitrogen and oxygen atoms in total. The molecule has 1 fully saturated rings. The van der Waals surface area contributed by atoms with Crippen LogP contribution in [0.2, 0.25) is 0 Å². The molecule has 0 aromatic heterocycles. The lowest BCUT2D eigenvalue weighted by Crippen LogP contribution is -2.44. The number of amides is 1. The minimum atomic E-state index is -0.0296. The number of carbonyl (C=O) groups excluding carboxylic acids is 1. The van der Waals surface area contributed by atoms with Gasteiger partial charge < -0.3 is 25.0 Å². The standard InChI is InChI=1S/C22H37N5O3/c1-17(30-19-10-6-9-18(15-19)29-5)16-25-22(23-2)24-12-8-14-27-13-7-11-20(27)21(28)26(3)4/h6,9-10,15,17,20H,7-8,11-14,16H2,1-5H3,(H2,23,24,25). The summed E-state index contributed by atoms with van der Waals surface area (Å²) in [6.45, 7) is 5.33. The average molecular weight is 420 g/mol. The number of benzene rings is 1. The number of guanidine groups is 1. The van der Waals surface area contributed by atoms with Crippen molar-refractivity contribution in [3.8, 4) is 11.5 Å². The fraction of sp³-hybridized carbons (Fsp3) is 0.636. The summed E-state index contributed by atoms with van der Waals surface area (Å²) in [7, 11) is 7.06. The number of carbonyl (C=O) groups is 1. The summed E-state index contributed by atoms with van der Waals surface area (Å²) in [5, 5.41) is 6.64. The summed E-state index contributed by atoms with van der Waals surface area (Å²) in [4.78, 5) is 20.5. The number of methoxy groups -OCH3 is 1. The minimum Gasteiger partial charge on any atom is -0.497 e. The molecule has 0 spiro atoms. The van der Waals surface area contributed by atoms with Crippen LogP contribution in [0.4, 0.5) is 0 Å². The van der Waals surface area contributed by atoms with Crippen molar-refractivity contribution >= 4 is 11.9 Å². The second kappa shape index (κ2) is 12.3. The van der Waals surface area contributed by atoms with E-state index in [2.05, 4.69) is 20.5 Å². The topological polar surface area (TPSA) is 78.4 Å². The molecule has 1 heterocycles. The molecule has 1 aliphatic heterocycles. The van der Waals surface area contributed by atoms with Gasteiger partial charge in [-0.25, -0.2) is 0 Å². The SMILES string of the molecule is CN=C(NCCCN1CCCC1C(=O)N(C)C)NCC(C)Oc1cccc(OC)c1. The fourth-order valence-corrected chi connectivity index (χ4v) is 3.57. The van der Waals surface area contributed by atoms with Gasteiger partial charge >= 0.3 is 0 Å². The molecule has 0 aliphatic carbocycles. The van der Waals surface area contributed by atoms with Gasteiger partial charge in [0.25, 0.3) is 0 Å². The first kappa shape index (κ1) is 23.8. The molecule has 1 amide bonds. The van der Waals surface area contributed by atoms with Gasteiger partial charge in [0, 0.05) is 40.3 Å². The van der Waals surface area contributed by atoms with Gasteiger partial charge in [0.1, 0.15) is 17.6 Å². The Hall–Kier alpha value is -2.48. The van der Waals surface area contributed by atoms with E-state index in [0.717, 1.165) is 56.4 Å². The van der Waals surface area contributed by atoms with Gasteiger partial charge in [-0.2, -0.15) is 0 Å². The van der Waals surface area contributed by atoms with Crippen LogP contribution < -0.4 is 20.1 Å². The Labute approximate surface area is 180 Å². The molecule has 2 N–H and O–H groups in total. The molecule has 8 heteroatoms. The Balaban J connectivity index is 1.67. The molecule has 2 atom stereocenters. The average Bonchev–Trinajstić information content (AvgIpc) is 3.21. The van der Waals surface area contributed by atoms with E-state index in [-0.39, 0.29) is 18.1 Å². The largest absolute Gasteiger partial charge is 0.497 e. The summed E-state index contributed by atoms with van der Waals surface area (Å²) < 4.78 is 11.2. The number of likely N-dealkylation sites (N-methyl/N-ethyl adjacent to an activating group) is 1. The molecule has 1 saturated heterocycles. The van der Waals surface area contributed by atoms with Crippen LogP contribution in [0, 0.1) is 0 Å². The first-order valence-corrected chi connectivity index (χ1v) is 10.6. The Morgan fingerprint density at radius 2 is 2.10 bits per heavy atom. The highest BCUT2D eigenvalue weighted by Crippen LogP contribution is 2.20. The Morgan fingerprint density at radius 3 is 2.80 bits per heavy atom. The second-order valence-electron chi connectivity index (χ2n) is 7.77. The Bertz CT molecular complexity index is 695. The van der Waals surface area contributed by atoms with Crippen LogP contribution in [0.15, 0.2) is 29.3 Å². The van der Waals surface area contributed by atoms with Crippen LogP contribution >= 0.6 is 0 Å². The molecule has 0 saturated carbocycles. The third-order valence-electron chi connectivity index (χ3n) is 5.16. The van der Waals surface area contributed by atoms with E-state index in [1.54, 1.807) is 19.1 Å². The summed E-state index contributed by atoms with van der Waals surface area (Å²) in [5.74, 6) is 2.51. The number of ether oxygens (including phenoxy) is 2. The van der Waals surface area contributed by atoms with E-state index >= 15 is 0 Å². The third kappa shape index (κ3) is 7.40. The maximum Gasteiger partial charge on any atom is 0.239 e. The zero-order valence-electron chi connectivity index (χ0n) is 19.0. The van der Waals surface area contributed by atoms with Crippen molar-refractivity contribution in [2.24, 2.45) is 4.99 Å². The number of nitrogens with one attached hydrogen (secondary N) is 2. The molecule has 1 aromatic carbocycles. The van der Waals surface area contributed by atoms with E-state index in [4.69, 9.17) is 9.47 Å². The number of rotatable bonds is 10. The Kier molecular flexibility index (Phi) is 9.73. The highest BCUT2D eigenvalue weighted by molar-refractivity contribution is 5.81. The van der Waals surface area contributed by atoms with Crippen LogP contribution in [-0.2, 0) is 4.79 Å². The van der Waals surface area contributed by atoms with E-state index in [9.17, 15) is 4.79 Å². The highest BCUT2D eigenvalue weighted by atomic mass is 16.5. The maximum absolute atomic E-state index is 12.3. The molecule has 2 unspecified atom stereocenters. The molecular formula is C22H37N5O3. The van der Waals surface area contributed by atoms with Gasteiger partial charge in [-0.3, -0.25) is 14.7 Å². The summed E-state index contributed by atoms with van der Waals surface area (Å²) in [6.07, 6.45) is 2.97. The number of hydrogen-bond donors (Lipinski definition) is 2. The summed E-state index contributed by atoms with van der Waals surface area (Å²) in [5.41, 5.74) is 0. The van der Waals surface area contributed by atoms with E-state index in [0.29, 0.717) is 6.54 Å². The molecule has 2 rings (SSSR count). The van der Waals surface area contributed by atoms with Crippen molar-refractivity contribution in [3.05, 3.63) is 24.3 Å². The van der Waals surface area contributed by atoms with E-state index in [1.807, 2.05) is 45.3 Å².